The molecule has 0 aliphatic heterocycles. The normalized spacial score (nSPS) is 7.40. The lowest BCUT2D eigenvalue weighted by molar-refractivity contribution is -0.134. The fourth-order valence-corrected chi connectivity index (χ4v) is 0.110. The van der Waals surface area contributed by atoms with E-state index in [1.54, 1.807) is 5.82 Å². The Balaban J connectivity index is -0.000000147. The fourth-order valence-electron chi connectivity index (χ4n) is 0.110. The second kappa shape index (κ2) is 14.7. The van der Waals surface area contributed by atoms with Crippen LogP contribution in [0.25, 0.3) is 0 Å². The molecule has 0 saturated heterocycles. The van der Waals surface area contributed by atoms with Crippen molar-refractivity contribution in [2.45, 2.75) is 6.92 Å². The summed E-state index contributed by atoms with van der Waals surface area (Å²) in [6.45, 7) is 1.08. The minimum atomic E-state index is -1.59. The molecule has 0 spiro atoms. The molecule has 0 atom stereocenters. The zero-order valence-electron chi connectivity index (χ0n) is 8.28. The number of carboxylic acid groups (broad SMARTS) is 2. The average molecular weight is 217 g/mol. The first-order valence-electron chi connectivity index (χ1n) is 3.44. The smallest absolute Gasteiger partial charge is 0.481 e. The van der Waals surface area contributed by atoms with E-state index in [-0.39, 0.29) is 0 Å². The number of carboxylic acids is 2. The summed E-state index contributed by atoms with van der Waals surface area (Å²) in [5, 5.41) is 30.5. The molecule has 0 aromatic carbocycles. The van der Waals surface area contributed by atoms with Gasteiger partial charge in [0.05, 0.1) is 0 Å². The third-order valence-electron chi connectivity index (χ3n) is 0.389. The molecule has 0 aromatic rings. The molecular weight excluding hydrogens is 205 g/mol. The van der Waals surface area contributed by atoms with E-state index in [0.29, 0.717) is 0 Å². The number of nitrogens with zero attached hydrogens (tertiary/aromatic N) is 1. The molecule has 0 heterocycles. The first kappa shape index (κ1) is 18.8. The van der Waals surface area contributed by atoms with E-state index in [9.17, 15) is 4.79 Å². The highest BCUT2D eigenvalue weighted by Gasteiger charge is 1.93. The number of aliphatic carboxylic acids is 2. The Labute approximate surface area is 87.2 Å². The Morgan fingerprint density at radius 3 is 1.67 bits per heavy atom. The molecule has 84 valence electrons. The van der Waals surface area contributed by atoms with Crippen molar-refractivity contribution in [3.05, 3.63) is 0 Å². The first-order valence-corrected chi connectivity index (χ1v) is 3.44. The molecule has 0 aromatic heterocycles. The summed E-state index contributed by atoms with van der Waals surface area (Å²) >= 11 is 0. The summed E-state index contributed by atoms with van der Waals surface area (Å²) < 4.78 is 0. The fraction of sp³-hybridized carbons (Fsp3) is 0.286. The van der Waals surface area contributed by atoms with E-state index < -0.39 is 19.1 Å². The highest BCUT2D eigenvalue weighted by molar-refractivity contribution is 6.51. The summed E-state index contributed by atoms with van der Waals surface area (Å²) in [6, 6.07) is 0. The number of rotatable bonds is 1. The molecule has 0 bridgehead atoms. The van der Waals surface area contributed by atoms with Crippen LogP contribution in [0.2, 0.25) is 0 Å². The second-order valence-electron chi connectivity index (χ2n) is 1.78. The van der Waals surface area contributed by atoms with Crippen LogP contribution in [-0.4, -0.2) is 52.6 Å². The SMILES string of the molecule is C#CB(O)O.CC(=O)O.CN=CC(=O)O. The molecule has 0 unspecified atom stereocenters. The maximum Gasteiger partial charge on any atom is 0.544 e. The van der Waals surface area contributed by atoms with E-state index in [1.807, 2.05) is 0 Å². The van der Waals surface area contributed by atoms with E-state index in [4.69, 9.17) is 25.1 Å². The molecule has 0 aliphatic carbocycles. The van der Waals surface area contributed by atoms with Crippen molar-refractivity contribution >= 4 is 25.3 Å². The molecule has 0 saturated carbocycles. The predicted molar refractivity (Wildman–Crippen MR) is 54.4 cm³/mol. The average Bonchev–Trinajstić information content (AvgIpc) is 2.03. The molecule has 0 amide bonds. The van der Waals surface area contributed by atoms with Gasteiger partial charge in [0.15, 0.2) is 0 Å². The van der Waals surface area contributed by atoms with E-state index in [1.165, 1.54) is 7.05 Å². The lowest BCUT2D eigenvalue weighted by Crippen LogP contribution is -2.05. The third-order valence-corrected chi connectivity index (χ3v) is 0.389. The minimum Gasteiger partial charge on any atom is -0.481 e. The molecule has 7 nitrogen and oxygen atoms in total. The van der Waals surface area contributed by atoms with Crippen LogP contribution in [0.4, 0.5) is 0 Å². The van der Waals surface area contributed by atoms with Crippen molar-refractivity contribution in [1.82, 2.24) is 0 Å². The van der Waals surface area contributed by atoms with Gasteiger partial charge in [-0.2, -0.15) is 0 Å². The van der Waals surface area contributed by atoms with Gasteiger partial charge in [-0.15, -0.1) is 6.42 Å². The maximum absolute atomic E-state index is 9.45. The van der Waals surface area contributed by atoms with Crippen molar-refractivity contribution in [2.75, 3.05) is 7.05 Å². The molecule has 0 aliphatic rings. The van der Waals surface area contributed by atoms with Crippen molar-refractivity contribution in [3.63, 3.8) is 0 Å². The van der Waals surface area contributed by atoms with Crippen molar-refractivity contribution < 1.29 is 29.9 Å². The van der Waals surface area contributed by atoms with Crippen LogP contribution < -0.4 is 0 Å². The van der Waals surface area contributed by atoms with Gasteiger partial charge in [0.25, 0.3) is 5.97 Å². The summed E-state index contributed by atoms with van der Waals surface area (Å²) in [5.41, 5.74) is 0. The minimum absolute atomic E-state index is 0.833. The van der Waals surface area contributed by atoms with Gasteiger partial charge in [-0.1, -0.05) is 5.82 Å². The van der Waals surface area contributed by atoms with E-state index >= 15 is 0 Å². The van der Waals surface area contributed by atoms with Crippen LogP contribution in [0.1, 0.15) is 6.92 Å². The number of carbonyl (C=O) groups is 2. The highest BCUT2D eigenvalue weighted by atomic mass is 16.4. The lowest BCUT2D eigenvalue weighted by atomic mass is 9.95. The summed E-state index contributed by atoms with van der Waals surface area (Å²) in [5.74, 6) is -0.197. The molecule has 4 N–H and O–H groups in total. The van der Waals surface area contributed by atoms with Gasteiger partial charge in [0, 0.05) is 14.0 Å². The molecule has 8 heteroatoms. The number of terminal acetylenes is 1. The Morgan fingerprint density at radius 2 is 1.67 bits per heavy atom. The van der Waals surface area contributed by atoms with Crippen LogP contribution in [0.3, 0.4) is 0 Å². The van der Waals surface area contributed by atoms with Crippen LogP contribution in [0.15, 0.2) is 4.99 Å². The summed E-state index contributed by atoms with van der Waals surface area (Å²) in [7, 11) is -0.177. The Hall–Kier alpha value is -1.85. The largest absolute Gasteiger partial charge is 0.544 e. The van der Waals surface area contributed by atoms with Crippen molar-refractivity contribution in [3.8, 4) is 12.2 Å². The third kappa shape index (κ3) is 126. The summed E-state index contributed by atoms with van der Waals surface area (Å²) in [6.07, 6.45) is 5.25. The van der Waals surface area contributed by atoms with Crippen LogP contribution >= 0.6 is 0 Å². The number of hydrogen-bond acceptors (Lipinski definition) is 5. The van der Waals surface area contributed by atoms with Gasteiger partial charge in [-0.25, -0.2) is 4.79 Å². The quantitative estimate of drug-likeness (QED) is 0.240. The van der Waals surface area contributed by atoms with Gasteiger partial charge >= 0.3 is 13.1 Å². The van der Waals surface area contributed by atoms with Gasteiger partial charge in [-0.05, 0) is 0 Å². The number of aliphatic imine (C=N–C) groups is 1. The number of hydrogen-bond donors (Lipinski definition) is 4. The van der Waals surface area contributed by atoms with Crippen LogP contribution in [0.5, 0.6) is 0 Å². The lowest BCUT2D eigenvalue weighted by Gasteiger charge is -1.71. The zero-order valence-corrected chi connectivity index (χ0v) is 8.28. The second-order valence-corrected chi connectivity index (χ2v) is 1.78. The topological polar surface area (TPSA) is 127 Å². The standard InChI is InChI=1S/C3H5NO2.C2H3BO2.C2H4O2/c1-4-2-3(5)6;1-2-3(4)5;1-2(3)4/h2H,1H3,(H,5,6);1,4-5H;1H3,(H,3,4). The predicted octanol–water partition coefficient (Wildman–Crippen LogP) is -1.51. The van der Waals surface area contributed by atoms with Crippen molar-refractivity contribution in [1.29, 1.82) is 0 Å². The molecule has 0 rings (SSSR count). The van der Waals surface area contributed by atoms with Gasteiger partial charge in [0.2, 0.25) is 0 Å². The Morgan fingerprint density at radius 1 is 1.40 bits per heavy atom. The van der Waals surface area contributed by atoms with Crippen molar-refractivity contribution in [2.24, 2.45) is 4.99 Å². The van der Waals surface area contributed by atoms with E-state index in [0.717, 1.165) is 13.1 Å². The molecular formula is C7H12BNO6. The first-order chi connectivity index (χ1) is 6.77. The van der Waals surface area contributed by atoms with Gasteiger partial charge < -0.3 is 20.3 Å². The maximum atomic E-state index is 9.45. The molecule has 0 radical (unpaired) electrons. The Kier molecular flexibility index (Phi) is 18.4. The zero-order chi connectivity index (χ0) is 12.9. The van der Waals surface area contributed by atoms with Gasteiger partial charge in [0.1, 0.15) is 6.21 Å². The Bertz CT molecular complexity index is 240. The highest BCUT2D eigenvalue weighted by Crippen LogP contribution is 1.51. The molecule has 0 fully saturated rings. The van der Waals surface area contributed by atoms with E-state index in [2.05, 4.69) is 11.4 Å². The monoisotopic (exact) mass is 217 g/mol. The summed E-state index contributed by atoms with van der Waals surface area (Å²) in [4.78, 5) is 21.7. The van der Waals surface area contributed by atoms with Crippen LogP contribution in [0, 0.1) is 12.2 Å². The molecule has 15 heavy (non-hydrogen) atoms. The van der Waals surface area contributed by atoms with Crippen LogP contribution in [-0.2, 0) is 9.59 Å². The van der Waals surface area contributed by atoms with Gasteiger partial charge in [-0.3, -0.25) is 9.79 Å².